The van der Waals surface area contributed by atoms with Crippen LogP contribution in [0, 0.1) is 0 Å². The number of hydrogen-bond acceptors (Lipinski definition) is 3. The minimum atomic E-state index is 0.701. The van der Waals surface area contributed by atoms with Gasteiger partial charge in [-0.2, -0.15) is 0 Å². The van der Waals surface area contributed by atoms with E-state index in [0.717, 1.165) is 25.1 Å². The maximum absolute atomic E-state index is 5.68. The van der Waals surface area contributed by atoms with Crippen LogP contribution in [0.2, 0.25) is 0 Å². The van der Waals surface area contributed by atoms with Gasteiger partial charge in [-0.3, -0.25) is 4.90 Å². The highest BCUT2D eigenvalue weighted by Crippen LogP contribution is 2.30. The third kappa shape index (κ3) is 3.32. The molecule has 0 saturated carbocycles. The Morgan fingerprint density at radius 2 is 1.75 bits per heavy atom. The lowest BCUT2D eigenvalue weighted by molar-refractivity contribution is 0.111. The van der Waals surface area contributed by atoms with Gasteiger partial charge in [0.15, 0.2) is 0 Å². The Balaban J connectivity index is 1.40. The van der Waals surface area contributed by atoms with Crippen molar-refractivity contribution in [3.8, 4) is 0 Å². The molecule has 0 unspecified atom stereocenters. The lowest BCUT2D eigenvalue weighted by Gasteiger charge is -2.18. The van der Waals surface area contributed by atoms with E-state index in [-0.39, 0.29) is 0 Å². The molecule has 1 saturated heterocycles. The van der Waals surface area contributed by atoms with Crippen LogP contribution in [-0.2, 0) is 11.3 Å². The minimum absolute atomic E-state index is 0.701. The van der Waals surface area contributed by atoms with E-state index in [1.165, 1.54) is 60.7 Å². The van der Waals surface area contributed by atoms with Crippen molar-refractivity contribution in [2.75, 3.05) is 26.2 Å². The summed E-state index contributed by atoms with van der Waals surface area (Å²) in [4.78, 5) is 8.19. The monoisotopic (exact) mass is 322 g/mol. The molecule has 4 rings (SSSR count). The summed E-state index contributed by atoms with van der Waals surface area (Å²) in [5, 5.41) is 7.15. The molecule has 2 aromatic rings. The predicted octanol–water partition coefficient (Wildman–Crippen LogP) is 4.38. The number of nitrogens with zero attached hydrogens (tertiary/aromatic N) is 2. The third-order valence-electron chi connectivity index (χ3n) is 5.34. The molecule has 0 atom stereocenters. The van der Waals surface area contributed by atoms with Crippen molar-refractivity contribution in [2.45, 2.75) is 38.5 Å². The summed E-state index contributed by atoms with van der Waals surface area (Å²) in [6.07, 6.45) is 7.48. The highest BCUT2D eigenvalue weighted by molar-refractivity contribution is 6.08. The smallest absolute Gasteiger partial charge is 0.129 e. The van der Waals surface area contributed by atoms with E-state index in [9.17, 15) is 0 Å². The first-order valence-electron chi connectivity index (χ1n) is 9.34. The molecule has 126 valence electrons. The Kier molecular flexibility index (Phi) is 4.79. The molecule has 2 aliphatic rings. The molecule has 0 radical (unpaired) electrons. The number of oxime groups is 1. The third-order valence-corrected chi connectivity index (χ3v) is 5.34. The molecule has 0 aromatic heterocycles. The maximum atomic E-state index is 5.68. The van der Waals surface area contributed by atoms with Crippen LogP contribution in [0.25, 0.3) is 10.8 Å². The fraction of sp³-hybridized carbons (Fsp3) is 0.476. The predicted molar refractivity (Wildman–Crippen MR) is 99.7 cm³/mol. The van der Waals surface area contributed by atoms with E-state index in [1.807, 2.05) is 0 Å². The second kappa shape index (κ2) is 7.35. The Morgan fingerprint density at radius 3 is 2.62 bits per heavy atom. The summed E-state index contributed by atoms with van der Waals surface area (Å²) in [6, 6.07) is 13.0. The van der Waals surface area contributed by atoms with Crippen molar-refractivity contribution in [1.82, 2.24) is 4.90 Å². The molecule has 0 amide bonds. The molecule has 0 N–H and O–H groups in total. The van der Waals surface area contributed by atoms with E-state index < -0.39 is 0 Å². The van der Waals surface area contributed by atoms with E-state index in [4.69, 9.17) is 4.84 Å². The van der Waals surface area contributed by atoms with E-state index in [2.05, 4.69) is 46.5 Å². The molecule has 1 fully saturated rings. The Morgan fingerprint density at radius 1 is 0.917 bits per heavy atom. The van der Waals surface area contributed by atoms with Gasteiger partial charge >= 0.3 is 0 Å². The largest absolute Gasteiger partial charge is 0.394 e. The molecular weight excluding hydrogens is 296 g/mol. The summed E-state index contributed by atoms with van der Waals surface area (Å²) >= 11 is 0. The molecule has 1 heterocycles. The zero-order chi connectivity index (χ0) is 16.2. The molecule has 1 aliphatic carbocycles. The summed E-state index contributed by atoms with van der Waals surface area (Å²) in [5.41, 5.74) is 3.83. The second-order valence-electron chi connectivity index (χ2n) is 6.94. The topological polar surface area (TPSA) is 24.8 Å². The number of fused-ring (bicyclic) bond motifs is 3. The SMILES string of the molecule is c1ccc2c3c(ccc2c1)C(=NOCCN1CCCCCC1)CC3. The van der Waals surface area contributed by atoms with Crippen LogP contribution in [0.15, 0.2) is 41.6 Å². The standard InChI is InChI=1S/C21H26N2O/c1-2-6-14-23(13-5-1)15-16-24-22-21-12-11-19-18-8-4-3-7-17(18)9-10-20(19)21/h3-4,7-10H,1-2,5-6,11-16H2. The number of rotatable bonds is 4. The van der Waals surface area contributed by atoms with E-state index >= 15 is 0 Å². The van der Waals surface area contributed by atoms with Gasteiger partial charge in [-0.05, 0) is 55.1 Å². The van der Waals surface area contributed by atoms with E-state index in [1.54, 1.807) is 0 Å². The minimum Gasteiger partial charge on any atom is -0.394 e. The highest BCUT2D eigenvalue weighted by Gasteiger charge is 2.20. The highest BCUT2D eigenvalue weighted by atomic mass is 16.6. The van der Waals surface area contributed by atoms with Crippen molar-refractivity contribution in [1.29, 1.82) is 0 Å². The quantitative estimate of drug-likeness (QED) is 0.616. The van der Waals surface area contributed by atoms with Gasteiger partial charge in [-0.1, -0.05) is 54.4 Å². The number of likely N-dealkylation sites (tertiary alicyclic amines) is 1. The fourth-order valence-electron chi connectivity index (χ4n) is 4.00. The van der Waals surface area contributed by atoms with Gasteiger partial charge in [-0.25, -0.2) is 0 Å². The maximum Gasteiger partial charge on any atom is 0.129 e. The van der Waals surface area contributed by atoms with Gasteiger partial charge < -0.3 is 4.84 Å². The normalized spacial score (nSPS) is 20.2. The first-order chi connectivity index (χ1) is 11.9. The molecule has 24 heavy (non-hydrogen) atoms. The summed E-state index contributed by atoms with van der Waals surface area (Å²) in [6.45, 7) is 4.14. The summed E-state index contributed by atoms with van der Waals surface area (Å²) in [5.74, 6) is 0. The van der Waals surface area contributed by atoms with Crippen LogP contribution in [-0.4, -0.2) is 36.9 Å². The van der Waals surface area contributed by atoms with Crippen molar-refractivity contribution in [3.63, 3.8) is 0 Å². The average Bonchev–Trinajstić information content (AvgIpc) is 2.86. The van der Waals surface area contributed by atoms with Crippen molar-refractivity contribution in [2.24, 2.45) is 5.16 Å². The molecule has 3 nitrogen and oxygen atoms in total. The van der Waals surface area contributed by atoms with Crippen LogP contribution in [0.4, 0.5) is 0 Å². The van der Waals surface area contributed by atoms with Gasteiger partial charge in [0.25, 0.3) is 0 Å². The molecule has 3 heteroatoms. The van der Waals surface area contributed by atoms with E-state index in [0.29, 0.717) is 6.61 Å². The van der Waals surface area contributed by atoms with Crippen molar-refractivity contribution >= 4 is 16.5 Å². The van der Waals surface area contributed by atoms with Crippen LogP contribution >= 0.6 is 0 Å². The second-order valence-corrected chi connectivity index (χ2v) is 6.94. The van der Waals surface area contributed by atoms with Crippen molar-refractivity contribution in [3.05, 3.63) is 47.5 Å². The van der Waals surface area contributed by atoms with Gasteiger partial charge in [0.2, 0.25) is 0 Å². The Bertz CT molecular complexity index is 730. The summed E-state index contributed by atoms with van der Waals surface area (Å²) in [7, 11) is 0. The van der Waals surface area contributed by atoms with Gasteiger partial charge in [-0.15, -0.1) is 0 Å². The van der Waals surface area contributed by atoms with Crippen LogP contribution in [0.5, 0.6) is 0 Å². The van der Waals surface area contributed by atoms with Gasteiger partial charge in [0, 0.05) is 12.1 Å². The zero-order valence-corrected chi connectivity index (χ0v) is 14.3. The fourth-order valence-corrected chi connectivity index (χ4v) is 4.00. The van der Waals surface area contributed by atoms with Gasteiger partial charge in [0.1, 0.15) is 6.61 Å². The first kappa shape index (κ1) is 15.6. The van der Waals surface area contributed by atoms with Crippen molar-refractivity contribution < 1.29 is 4.84 Å². The summed E-state index contributed by atoms with van der Waals surface area (Å²) < 4.78 is 0. The lowest BCUT2D eigenvalue weighted by Crippen LogP contribution is -2.28. The Hall–Kier alpha value is -1.87. The molecule has 2 aromatic carbocycles. The molecule has 1 aliphatic heterocycles. The molecule has 0 spiro atoms. The molecule has 0 bridgehead atoms. The average molecular weight is 322 g/mol. The zero-order valence-electron chi connectivity index (χ0n) is 14.3. The number of benzene rings is 2. The van der Waals surface area contributed by atoms with Crippen LogP contribution in [0.3, 0.4) is 0 Å². The first-order valence-corrected chi connectivity index (χ1v) is 9.34. The number of hydrogen-bond donors (Lipinski definition) is 0. The number of aryl methyl sites for hydroxylation is 1. The lowest BCUT2D eigenvalue weighted by atomic mass is 10.0. The molecular formula is C21H26N2O. The van der Waals surface area contributed by atoms with Gasteiger partial charge in [0.05, 0.1) is 5.71 Å². The van der Waals surface area contributed by atoms with Crippen LogP contribution < -0.4 is 0 Å². The Labute approximate surface area is 144 Å². The van der Waals surface area contributed by atoms with Crippen LogP contribution in [0.1, 0.15) is 43.2 Å².